The van der Waals surface area contributed by atoms with E-state index < -0.39 is 11.4 Å². The van der Waals surface area contributed by atoms with E-state index in [0.29, 0.717) is 26.2 Å². The molecule has 5 heteroatoms. The molecule has 0 fully saturated rings. The van der Waals surface area contributed by atoms with E-state index >= 15 is 0 Å². The molecular weight excluding hydrogens is 391 g/mol. The summed E-state index contributed by atoms with van der Waals surface area (Å²) in [6.07, 6.45) is 0.267. The van der Waals surface area contributed by atoms with Crippen LogP contribution in [0.15, 0.2) is 72.8 Å². The maximum atomic E-state index is 12.6. The van der Waals surface area contributed by atoms with Crippen molar-refractivity contribution < 1.29 is 9.90 Å². The second kappa shape index (κ2) is 7.71. The van der Waals surface area contributed by atoms with Crippen molar-refractivity contribution in [3.05, 3.63) is 105 Å². The predicted octanol–water partition coefficient (Wildman–Crippen LogP) is 6.26. The quantitative estimate of drug-likeness (QED) is 0.544. The third kappa shape index (κ3) is 3.73. The fraction of sp³-hybridized carbons (Fsp3) is 0.0952. The van der Waals surface area contributed by atoms with Crippen LogP contribution in [0.4, 0.5) is 0 Å². The number of carbonyl (C=O) groups is 1. The molecule has 0 unspecified atom stereocenters. The first-order valence-corrected chi connectivity index (χ1v) is 9.05. The molecule has 2 nitrogen and oxygen atoms in total. The van der Waals surface area contributed by atoms with E-state index in [-0.39, 0.29) is 6.42 Å². The average Bonchev–Trinajstić information content (AvgIpc) is 2.63. The number of carboxylic acid groups (broad SMARTS) is 1. The molecule has 132 valence electrons. The van der Waals surface area contributed by atoms with Gasteiger partial charge in [-0.2, -0.15) is 0 Å². The summed E-state index contributed by atoms with van der Waals surface area (Å²) < 4.78 is 0. The number of hydrogen-bond donors (Lipinski definition) is 1. The van der Waals surface area contributed by atoms with Gasteiger partial charge in [-0.3, -0.25) is 4.79 Å². The van der Waals surface area contributed by atoms with E-state index in [2.05, 4.69) is 0 Å². The van der Waals surface area contributed by atoms with Crippen LogP contribution >= 0.6 is 34.8 Å². The smallest absolute Gasteiger partial charge is 0.318 e. The molecule has 3 aromatic rings. The zero-order chi connectivity index (χ0) is 18.7. The molecule has 0 saturated carbocycles. The van der Waals surface area contributed by atoms with Crippen molar-refractivity contribution in [2.45, 2.75) is 11.8 Å². The molecule has 0 aromatic heterocycles. The van der Waals surface area contributed by atoms with Crippen molar-refractivity contribution in [1.29, 1.82) is 0 Å². The molecule has 0 bridgehead atoms. The van der Waals surface area contributed by atoms with Gasteiger partial charge in [-0.1, -0.05) is 71.2 Å². The minimum absolute atomic E-state index is 0.267. The number of halogens is 3. The lowest BCUT2D eigenvalue weighted by Crippen LogP contribution is -2.39. The van der Waals surface area contributed by atoms with Crippen molar-refractivity contribution in [3.63, 3.8) is 0 Å². The van der Waals surface area contributed by atoms with Crippen molar-refractivity contribution in [2.75, 3.05) is 0 Å². The second-order valence-corrected chi connectivity index (χ2v) is 7.34. The van der Waals surface area contributed by atoms with Crippen LogP contribution < -0.4 is 0 Å². The van der Waals surface area contributed by atoms with Gasteiger partial charge in [0, 0.05) is 15.1 Å². The fourth-order valence-corrected chi connectivity index (χ4v) is 3.45. The lowest BCUT2D eigenvalue weighted by atomic mass is 9.70. The monoisotopic (exact) mass is 404 g/mol. The Morgan fingerprint density at radius 2 is 1.04 bits per heavy atom. The first-order valence-electron chi connectivity index (χ1n) is 7.92. The van der Waals surface area contributed by atoms with Gasteiger partial charge >= 0.3 is 5.97 Å². The van der Waals surface area contributed by atoms with Crippen molar-refractivity contribution in [2.24, 2.45) is 0 Å². The highest BCUT2D eigenvalue weighted by Gasteiger charge is 2.42. The van der Waals surface area contributed by atoms with Crippen LogP contribution in [0.1, 0.15) is 16.7 Å². The van der Waals surface area contributed by atoms with Crippen LogP contribution in [-0.4, -0.2) is 11.1 Å². The van der Waals surface area contributed by atoms with Gasteiger partial charge in [0.25, 0.3) is 0 Å². The molecule has 0 heterocycles. The van der Waals surface area contributed by atoms with E-state index in [1.165, 1.54) is 0 Å². The molecule has 3 aromatic carbocycles. The molecule has 0 spiro atoms. The Balaban J connectivity index is 2.20. The average molecular weight is 406 g/mol. The summed E-state index contributed by atoms with van der Waals surface area (Å²) in [6.45, 7) is 0. The Morgan fingerprint density at radius 1 is 0.692 bits per heavy atom. The summed E-state index contributed by atoms with van der Waals surface area (Å²) in [5, 5.41) is 12.0. The lowest BCUT2D eigenvalue weighted by molar-refractivity contribution is -0.142. The van der Waals surface area contributed by atoms with Crippen LogP contribution in [-0.2, 0) is 16.6 Å². The first-order chi connectivity index (χ1) is 12.4. The SMILES string of the molecule is O=C(O)C(Cc1ccc(Cl)cc1)(c1ccc(Cl)cc1)c1ccc(Cl)cc1. The molecule has 0 aliphatic heterocycles. The first kappa shape index (κ1) is 18.8. The van der Waals surface area contributed by atoms with Gasteiger partial charge in [0.1, 0.15) is 5.41 Å². The van der Waals surface area contributed by atoms with Gasteiger partial charge < -0.3 is 5.11 Å². The lowest BCUT2D eigenvalue weighted by Gasteiger charge is -2.31. The summed E-state index contributed by atoms with van der Waals surface area (Å²) in [4.78, 5) is 12.6. The Bertz CT molecular complexity index is 856. The van der Waals surface area contributed by atoms with E-state index in [0.717, 1.165) is 5.56 Å². The van der Waals surface area contributed by atoms with Crippen LogP contribution in [0.3, 0.4) is 0 Å². The molecule has 0 amide bonds. The molecular formula is C21H15Cl3O2. The van der Waals surface area contributed by atoms with Crippen LogP contribution in [0.2, 0.25) is 15.1 Å². The highest BCUT2D eigenvalue weighted by Crippen LogP contribution is 2.37. The Kier molecular flexibility index (Phi) is 5.57. The highest BCUT2D eigenvalue weighted by atomic mass is 35.5. The van der Waals surface area contributed by atoms with Gasteiger partial charge in [-0.25, -0.2) is 0 Å². The number of carboxylic acids is 1. The molecule has 0 saturated heterocycles. The van der Waals surface area contributed by atoms with Gasteiger partial charge in [0.2, 0.25) is 0 Å². The normalized spacial score (nSPS) is 11.3. The largest absolute Gasteiger partial charge is 0.480 e. The number of hydrogen-bond acceptors (Lipinski definition) is 1. The number of rotatable bonds is 5. The Morgan fingerprint density at radius 3 is 1.38 bits per heavy atom. The van der Waals surface area contributed by atoms with E-state index in [4.69, 9.17) is 34.8 Å². The zero-order valence-electron chi connectivity index (χ0n) is 13.6. The summed E-state index contributed by atoms with van der Waals surface area (Å²) in [5.74, 6) is -0.947. The second-order valence-electron chi connectivity index (χ2n) is 6.03. The third-order valence-corrected chi connectivity index (χ3v) is 5.18. The van der Waals surface area contributed by atoms with Crippen LogP contribution in [0, 0.1) is 0 Å². The Hall–Kier alpha value is -2.00. The Labute approximate surface area is 167 Å². The standard InChI is InChI=1S/C21H15Cl3O2/c22-17-7-1-14(2-8-17)13-21(20(25)26,15-3-9-18(23)10-4-15)16-5-11-19(24)12-6-16/h1-12H,13H2,(H,25,26). The summed E-state index contributed by atoms with van der Waals surface area (Å²) in [6, 6.07) is 21.0. The highest BCUT2D eigenvalue weighted by molar-refractivity contribution is 6.31. The molecule has 26 heavy (non-hydrogen) atoms. The zero-order valence-corrected chi connectivity index (χ0v) is 15.9. The van der Waals surface area contributed by atoms with Gasteiger partial charge in [-0.05, 0) is 59.5 Å². The fourth-order valence-electron chi connectivity index (χ4n) is 3.07. The molecule has 0 atom stereocenters. The topological polar surface area (TPSA) is 37.3 Å². The van der Waals surface area contributed by atoms with Crippen molar-refractivity contribution in [3.8, 4) is 0 Å². The van der Waals surface area contributed by atoms with Gasteiger partial charge in [0.05, 0.1) is 0 Å². The summed E-state index contributed by atoms with van der Waals surface area (Å²) >= 11 is 18.0. The number of benzene rings is 3. The van der Waals surface area contributed by atoms with Gasteiger partial charge in [-0.15, -0.1) is 0 Å². The van der Waals surface area contributed by atoms with Crippen molar-refractivity contribution in [1.82, 2.24) is 0 Å². The summed E-state index contributed by atoms with van der Waals surface area (Å²) in [7, 11) is 0. The summed E-state index contributed by atoms with van der Waals surface area (Å²) in [5.41, 5.74) is 0.878. The minimum atomic E-state index is -1.27. The van der Waals surface area contributed by atoms with Gasteiger partial charge in [0.15, 0.2) is 0 Å². The molecule has 0 aliphatic carbocycles. The van der Waals surface area contributed by atoms with E-state index in [1.807, 2.05) is 12.1 Å². The molecule has 0 aliphatic rings. The molecule has 3 rings (SSSR count). The van der Waals surface area contributed by atoms with E-state index in [9.17, 15) is 9.90 Å². The molecule has 1 N–H and O–H groups in total. The third-order valence-electron chi connectivity index (χ3n) is 4.42. The van der Waals surface area contributed by atoms with Crippen molar-refractivity contribution >= 4 is 40.8 Å². The maximum absolute atomic E-state index is 12.6. The minimum Gasteiger partial charge on any atom is -0.480 e. The van der Waals surface area contributed by atoms with Crippen LogP contribution in [0.5, 0.6) is 0 Å². The van der Waals surface area contributed by atoms with E-state index in [1.54, 1.807) is 60.7 Å². The molecule has 0 radical (unpaired) electrons. The predicted molar refractivity (Wildman–Crippen MR) is 106 cm³/mol. The maximum Gasteiger partial charge on any atom is 0.318 e. The number of aliphatic carboxylic acids is 1. The van der Waals surface area contributed by atoms with Crippen LogP contribution in [0.25, 0.3) is 0 Å².